The van der Waals surface area contributed by atoms with Crippen molar-refractivity contribution in [2.75, 3.05) is 26.4 Å². The van der Waals surface area contributed by atoms with Gasteiger partial charge in [-0.2, -0.15) is 8.42 Å². The monoisotopic (exact) mass is 947 g/mol. The molecule has 1 rings (SSSR count). The van der Waals surface area contributed by atoms with E-state index >= 15 is 0 Å². The van der Waals surface area contributed by atoms with Crippen molar-refractivity contribution in [3.8, 4) is 0 Å². The molecule has 12 nitrogen and oxygen atoms in total. The lowest BCUT2D eigenvalue weighted by Crippen LogP contribution is -2.60. The Morgan fingerprint density at radius 1 is 0.576 bits per heavy atom. The normalized spacial score (nSPS) is 20.5. The molecule has 66 heavy (non-hydrogen) atoms. The number of hydrogen-bond donors (Lipinski definition) is 4. The van der Waals surface area contributed by atoms with Crippen LogP contribution in [0.5, 0.6) is 0 Å². The van der Waals surface area contributed by atoms with Crippen molar-refractivity contribution in [2.24, 2.45) is 0 Å². The smallest absolute Gasteiger partial charge is 0.397 e. The van der Waals surface area contributed by atoms with Crippen molar-refractivity contribution >= 4 is 16.4 Å². The highest BCUT2D eigenvalue weighted by Crippen LogP contribution is 2.26. The van der Waals surface area contributed by atoms with E-state index in [4.69, 9.17) is 18.9 Å². The number of carbonyl (C=O) groups is 1. The second-order valence-corrected chi connectivity index (χ2v) is 17.3. The molecule has 6 unspecified atom stereocenters. The predicted octanol–water partition coefficient (Wildman–Crippen LogP) is 11.2. The highest BCUT2D eigenvalue weighted by atomic mass is 32.3. The molecule has 0 saturated carbocycles. The molecule has 13 heteroatoms. The topological polar surface area (TPSA) is 178 Å². The number of esters is 1. The molecule has 0 radical (unpaired) electrons. The van der Waals surface area contributed by atoms with E-state index < -0.39 is 59.8 Å². The summed E-state index contributed by atoms with van der Waals surface area (Å²) in [4.78, 5) is 12.9. The first-order chi connectivity index (χ1) is 32.1. The van der Waals surface area contributed by atoms with Crippen LogP contribution in [0.1, 0.15) is 155 Å². The molecule has 1 aliphatic heterocycles. The van der Waals surface area contributed by atoms with Gasteiger partial charge in [0.15, 0.2) is 6.29 Å². The third kappa shape index (κ3) is 35.9. The van der Waals surface area contributed by atoms with E-state index in [2.05, 4.69) is 127 Å². The zero-order valence-corrected chi connectivity index (χ0v) is 41.0. The second kappa shape index (κ2) is 43.1. The van der Waals surface area contributed by atoms with Gasteiger partial charge in [0, 0.05) is 13.0 Å². The maximum atomic E-state index is 12.9. The van der Waals surface area contributed by atoms with Crippen LogP contribution in [0.25, 0.3) is 0 Å². The molecule has 1 fully saturated rings. The van der Waals surface area contributed by atoms with Crippen molar-refractivity contribution in [3.63, 3.8) is 0 Å². The molecule has 4 N–H and O–H groups in total. The minimum atomic E-state index is -5.08. The molecule has 6 atom stereocenters. The third-order valence-corrected chi connectivity index (χ3v) is 10.9. The van der Waals surface area contributed by atoms with Crippen molar-refractivity contribution < 1.29 is 56.2 Å². The third-order valence-electron chi connectivity index (χ3n) is 10.4. The first-order valence-electron chi connectivity index (χ1n) is 24.6. The highest BCUT2D eigenvalue weighted by Gasteiger charge is 2.48. The Balaban J connectivity index is 2.42. The molecule has 1 heterocycles. The van der Waals surface area contributed by atoms with E-state index in [0.717, 1.165) is 122 Å². The summed E-state index contributed by atoms with van der Waals surface area (Å²) in [5.41, 5.74) is 0. The molecule has 0 aliphatic carbocycles. The van der Waals surface area contributed by atoms with Gasteiger partial charge in [-0.15, -0.1) is 0 Å². The maximum absolute atomic E-state index is 12.9. The highest BCUT2D eigenvalue weighted by molar-refractivity contribution is 7.80. The fourth-order valence-electron chi connectivity index (χ4n) is 6.75. The van der Waals surface area contributed by atoms with E-state index in [1.807, 2.05) is 0 Å². The number of aliphatic hydroxyl groups excluding tert-OH is 3. The molecule has 0 aromatic heterocycles. The molecule has 0 amide bonds. The van der Waals surface area contributed by atoms with E-state index in [-0.39, 0.29) is 19.6 Å². The Labute approximate surface area is 398 Å². The number of unbranched alkanes of at least 4 members (excludes halogenated alkanes) is 10. The largest absolute Gasteiger partial charge is 0.457 e. The molecule has 0 aromatic rings. The Hall–Kier alpha value is -3.24. The van der Waals surface area contributed by atoms with Crippen LogP contribution >= 0.6 is 0 Å². The summed E-state index contributed by atoms with van der Waals surface area (Å²) in [7, 11) is -5.08. The Morgan fingerprint density at radius 3 is 1.45 bits per heavy atom. The molecular formula is C53H86O12S. The van der Waals surface area contributed by atoms with Crippen LogP contribution in [-0.2, 0) is 38.3 Å². The first kappa shape index (κ1) is 60.8. The van der Waals surface area contributed by atoms with Crippen LogP contribution in [0.4, 0.5) is 0 Å². The second-order valence-electron chi connectivity index (χ2n) is 16.3. The van der Waals surface area contributed by atoms with E-state index in [0.29, 0.717) is 13.0 Å². The summed E-state index contributed by atoms with van der Waals surface area (Å²) in [6.07, 6.45) is 51.1. The summed E-state index contributed by atoms with van der Waals surface area (Å²) in [6.45, 7) is 3.68. The first-order valence-corrected chi connectivity index (χ1v) is 26.0. The van der Waals surface area contributed by atoms with Gasteiger partial charge in [0.1, 0.15) is 30.5 Å². The lowest BCUT2D eigenvalue weighted by atomic mass is 9.99. The van der Waals surface area contributed by atoms with Crippen LogP contribution in [0.3, 0.4) is 0 Å². The van der Waals surface area contributed by atoms with Gasteiger partial charge in [-0.3, -0.25) is 9.35 Å². The summed E-state index contributed by atoms with van der Waals surface area (Å²) in [6, 6.07) is 0. The van der Waals surface area contributed by atoms with Crippen LogP contribution < -0.4 is 0 Å². The number of ether oxygens (including phenoxy) is 4. The molecule has 0 bridgehead atoms. The van der Waals surface area contributed by atoms with E-state index in [9.17, 15) is 33.1 Å². The van der Waals surface area contributed by atoms with E-state index in [1.165, 1.54) is 6.42 Å². The van der Waals surface area contributed by atoms with Gasteiger partial charge in [0.05, 0.1) is 19.8 Å². The van der Waals surface area contributed by atoms with Gasteiger partial charge >= 0.3 is 16.4 Å². The zero-order valence-electron chi connectivity index (χ0n) is 40.2. The minimum Gasteiger partial charge on any atom is -0.457 e. The fourth-order valence-corrected chi connectivity index (χ4v) is 7.26. The summed E-state index contributed by atoms with van der Waals surface area (Å²) < 4.78 is 59.1. The zero-order chi connectivity index (χ0) is 48.2. The van der Waals surface area contributed by atoms with Gasteiger partial charge < -0.3 is 34.3 Å². The van der Waals surface area contributed by atoms with Crippen molar-refractivity contribution in [1.29, 1.82) is 0 Å². The lowest BCUT2D eigenvalue weighted by molar-refractivity contribution is -0.301. The standard InChI is InChI=1S/C53H86O12S/c1-3-5-7-9-11-13-15-17-19-21-22-23-24-25-26-27-28-30-32-34-36-38-40-42-49(55)63-47(46-62-53-51(57)52(65-66(58,59)60)50(56)48(44-54)64-53)45-61-43-41-39-37-35-33-31-29-20-18-16-14-12-10-8-6-4-2/h5-8,11-14,17-20,22-23,25-26,28,30,47-48,50-54,56-57H,3-4,9-10,15-16,21,24,27,29,31-46H2,1-2H3,(H,58,59,60)/b7-5-,8-6-,13-11-,14-12-,19-17-,20-18-,23-22-,26-25-,30-28-. The van der Waals surface area contributed by atoms with Gasteiger partial charge in [0.2, 0.25) is 0 Å². The quantitative estimate of drug-likeness (QED) is 0.0198. The van der Waals surface area contributed by atoms with Gasteiger partial charge in [0.25, 0.3) is 0 Å². The SMILES string of the molecule is CC/C=C\C/C=C\C/C=C\C/C=C\C/C=C\C/C=C\CCCCCCC(=O)OC(COCCCCCCCC/C=C\C/C=C\C/C=C\CC)COC1OC(CO)C(O)C(OS(=O)(=O)O)C1O. The number of hydrogen-bond acceptors (Lipinski definition) is 11. The van der Waals surface area contributed by atoms with Gasteiger partial charge in [-0.1, -0.05) is 162 Å². The predicted molar refractivity (Wildman–Crippen MR) is 266 cm³/mol. The van der Waals surface area contributed by atoms with Gasteiger partial charge in [-0.25, -0.2) is 4.18 Å². The number of rotatable bonds is 41. The van der Waals surface area contributed by atoms with Crippen molar-refractivity contribution in [1.82, 2.24) is 0 Å². The van der Waals surface area contributed by atoms with Gasteiger partial charge in [-0.05, 0) is 96.3 Å². The molecule has 1 saturated heterocycles. The average molecular weight is 947 g/mol. The minimum absolute atomic E-state index is 0.00841. The molecule has 0 spiro atoms. The summed E-state index contributed by atoms with van der Waals surface area (Å²) in [5, 5.41) is 30.7. The summed E-state index contributed by atoms with van der Waals surface area (Å²) in [5.74, 6) is -0.434. The Kier molecular flexibility index (Phi) is 39.7. The molecule has 376 valence electrons. The van der Waals surface area contributed by atoms with E-state index in [1.54, 1.807) is 0 Å². The number of allylic oxidation sites excluding steroid dienone is 18. The summed E-state index contributed by atoms with van der Waals surface area (Å²) >= 11 is 0. The lowest BCUT2D eigenvalue weighted by Gasteiger charge is -2.41. The average Bonchev–Trinajstić information content (AvgIpc) is 3.29. The maximum Gasteiger partial charge on any atom is 0.397 e. The van der Waals surface area contributed by atoms with Crippen LogP contribution in [0, 0.1) is 0 Å². The number of aliphatic hydroxyl groups is 3. The molecule has 0 aromatic carbocycles. The fraction of sp³-hybridized carbons (Fsp3) is 0.642. The number of carbonyl (C=O) groups excluding carboxylic acids is 1. The van der Waals surface area contributed by atoms with Crippen LogP contribution in [0.15, 0.2) is 109 Å². The molecular weight excluding hydrogens is 861 g/mol. The molecule has 1 aliphatic rings. The van der Waals surface area contributed by atoms with Crippen LogP contribution in [-0.4, -0.2) is 97.5 Å². The van der Waals surface area contributed by atoms with Crippen LogP contribution in [0.2, 0.25) is 0 Å². The van der Waals surface area contributed by atoms with Crippen molar-refractivity contribution in [3.05, 3.63) is 109 Å². The van der Waals surface area contributed by atoms with Crippen molar-refractivity contribution in [2.45, 2.75) is 192 Å². The Morgan fingerprint density at radius 2 is 1.00 bits per heavy atom. The Bertz CT molecular complexity index is 1560.